The second kappa shape index (κ2) is 6.54. The molecule has 1 aromatic carbocycles. The molecule has 2 aromatic heterocycles. The maximum Gasteiger partial charge on any atom is 0.141 e. The minimum atomic E-state index is 0.568. The summed E-state index contributed by atoms with van der Waals surface area (Å²) in [6.07, 6.45) is 5.33. The van der Waals surface area contributed by atoms with E-state index >= 15 is 0 Å². The molecule has 0 aliphatic heterocycles. The van der Waals surface area contributed by atoms with Gasteiger partial charge in [-0.3, -0.25) is 9.98 Å². The molecule has 0 saturated heterocycles. The fourth-order valence-electron chi connectivity index (χ4n) is 2.13. The minimum Gasteiger partial charge on any atom is -0.288 e. The number of rotatable bonds is 4. The molecular formula is C17H15ClN4. The van der Waals surface area contributed by atoms with Gasteiger partial charge in [0.2, 0.25) is 0 Å². The van der Waals surface area contributed by atoms with Crippen LogP contribution in [-0.2, 0) is 6.54 Å². The van der Waals surface area contributed by atoms with E-state index in [-0.39, 0.29) is 0 Å². The second-order valence-electron chi connectivity index (χ2n) is 4.87. The smallest absolute Gasteiger partial charge is 0.141 e. The summed E-state index contributed by atoms with van der Waals surface area (Å²) in [7, 11) is 0. The molecule has 3 aromatic rings. The quantitative estimate of drug-likeness (QED) is 0.687. The van der Waals surface area contributed by atoms with Crippen molar-refractivity contribution < 1.29 is 0 Å². The molecule has 0 aliphatic carbocycles. The molecule has 3 rings (SSSR count). The molecule has 110 valence electrons. The van der Waals surface area contributed by atoms with Gasteiger partial charge in [0, 0.05) is 18.6 Å². The largest absolute Gasteiger partial charge is 0.288 e. The highest BCUT2D eigenvalue weighted by atomic mass is 35.5. The molecule has 0 spiro atoms. The number of hydrogen-bond donors (Lipinski definition) is 0. The summed E-state index contributed by atoms with van der Waals surface area (Å²) in [5.41, 5.74) is 3.68. The van der Waals surface area contributed by atoms with Gasteiger partial charge in [-0.2, -0.15) is 5.10 Å². The van der Waals surface area contributed by atoms with Crippen LogP contribution in [0, 0.1) is 6.92 Å². The molecule has 0 bridgehead atoms. The summed E-state index contributed by atoms with van der Waals surface area (Å²) in [6.45, 7) is 2.50. The Labute approximate surface area is 134 Å². The van der Waals surface area contributed by atoms with Gasteiger partial charge in [0.25, 0.3) is 0 Å². The fraction of sp³-hybridized carbons (Fsp3) is 0.118. The lowest BCUT2D eigenvalue weighted by atomic mass is 10.2. The van der Waals surface area contributed by atoms with Crippen molar-refractivity contribution in [2.45, 2.75) is 13.5 Å². The van der Waals surface area contributed by atoms with Gasteiger partial charge < -0.3 is 0 Å². The maximum absolute atomic E-state index is 6.44. The Balaban J connectivity index is 1.84. The van der Waals surface area contributed by atoms with Gasteiger partial charge in [0.1, 0.15) is 5.15 Å². The third kappa shape index (κ3) is 3.07. The van der Waals surface area contributed by atoms with Crippen LogP contribution in [0.4, 0.5) is 0 Å². The van der Waals surface area contributed by atoms with Crippen molar-refractivity contribution in [1.29, 1.82) is 0 Å². The van der Waals surface area contributed by atoms with Gasteiger partial charge in [-0.25, -0.2) is 4.68 Å². The van der Waals surface area contributed by atoms with Crippen molar-refractivity contribution in [1.82, 2.24) is 14.8 Å². The zero-order valence-corrected chi connectivity index (χ0v) is 12.9. The first kappa shape index (κ1) is 14.5. The van der Waals surface area contributed by atoms with Crippen molar-refractivity contribution in [3.63, 3.8) is 0 Å². The number of aromatic nitrogens is 3. The maximum atomic E-state index is 6.44. The lowest BCUT2D eigenvalue weighted by Crippen LogP contribution is -1.96. The van der Waals surface area contributed by atoms with E-state index in [1.54, 1.807) is 23.3 Å². The molecule has 0 N–H and O–H groups in total. The molecule has 2 heterocycles. The summed E-state index contributed by atoms with van der Waals surface area (Å²) >= 11 is 6.44. The molecular weight excluding hydrogens is 296 g/mol. The first-order valence-electron chi connectivity index (χ1n) is 6.95. The number of para-hydroxylation sites is 1. The Morgan fingerprint density at radius 2 is 2.00 bits per heavy atom. The number of aliphatic imine (C=N–C) groups is 1. The summed E-state index contributed by atoms with van der Waals surface area (Å²) in [4.78, 5) is 8.51. The molecule has 5 heteroatoms. The van der Waals surface area contributed by atoms with E-state index in [1.165, 1.54) is 0 Å². The first-order chi connectivity index (χ1) is 10.8. The van der Waals surface area contributed by atoms with E-state index in [1.807, 2.05) is 49.4 Å². The van der Waals surface area contributed by atoms with Crippen LogP contribution in [0.25, 0.3) is 5.69 Å². The lowest BCUT2D eigenvalue weighted by Gasteiger charge is -2.01. The monoisotopic (exact) mass is 310 g/mol. The average Bonchev–Trinajstić information content (AvgIpc) is 2.85. The Morgan fingerprint density at radius 3 is 2.73 bits per heavy atom. The van der Waals surface area contributed by atoms with Gasteiger partial charge in [0.15, 0.2) is 0 Å². The first-order valence-corrected chi connectivity index (χ1v) is 7.33. The van der Waals surface area contributed by atoms with E-state index < -0.39 is 0 Å². The molecule has 0 aliphatic rings. The van der Waals surface area contributed by atoms with Gasteiger partial charge >= 0.3 is 0 Å². The second-order valence-corrected chi connectivity index (χ2v) is 5.23. The van der Waals surface area contributed by atoms with Gasteiger partial charge in [-0.1, -0.05) is 35.9 Å². The van der Waals surface area contributed by atoms with E-state index in [0.29, 0.717) is 11.7 Å². The number of aryl methyl sites for hydroxylation is 1. The van der Waals surface area contributed by atoms with Crippen LogP contribution < -0.4 is 0 Å². The summed E-state index contributed by atoms with van der Waals surface area (Å²) in [5.74, 6) is 0. The zero-order chi connectivity index (χ0) is 15.4. The Hall–Kier alpha value is -2.46. The highest BCUT2D eigenvalue weighted by Crippen LogP contribution is 2.22. The fourth-order valence-corrected chi connectivity index (χ4v) is 2.45. The van der Waals surface area contributed by atoms with Gasteiger partial charge in [-0.05, 0) is 30.7 Å². The molecule has 22 heavy (non-hydrogen) atoms. The van der Waals surface area contributed by atoms with Crippen LogP contribution in [0.3, 0.4) is 0 Å². The highest BCUT2D eigenvalue weighted by molar-refractivity contribution is 6.32. The van der Waals surface area contributed by atoms with Gasteiger partial charge in [0.05, 0.1) is 23.5 Å². The van der Waals surface area contributed by atoms with E-state index in [0.717, 1.165) is 22.5 Å². The summed E-state index contributed by atoms with van der Waals surface area (Å²) in [6, 6.07) is 13.7. The lowest BCUT2D eigenvalue weighted by molar-refractivity contribution is 0.863. The number of hydrogen-bond acceptors (Lipinski definition) is 3. The number of halogens is 1. The van der Waals surface area contributed by atoms with Crippen LogP contribution in [0.5, 0.6) is 0 Å². The van der Waals surface area contributed by atoms with Crippen molar-refractivity contribution >= 4 is 17.8 Å². The zero-order valence-electron chi connectivity index (χ0n) is 12.1. The SMILES string of the molecule is Cc1nn(-c2ccccc2)c(Cl)c1C=NCc1cccnc1. The molecule has 0 amide bonds. The third-order valence-corrected chi connectivity index (χ3v) is 3.63. The predicted octanol–water partition coefficient (Wildman–Crippen LogP) is 3.85. The Morgan fingerprint density at radius 1 is 1.18 bits per heavy atom. The molecule has 0 saturated carbocycles. The Kier molecular flexibility index (Phi) is 4.30. The Bertz CT molecular complexity index is 779. The van der Waals surface area contributed by atoms with Crippen molar-refractivity contribution in [3.05, 3.63) is 76.8 Å². The predicted molar refractivity (Wildman–Crippen MR) is 88.8 cm³/mol. The molecule has 0 atom stereocenters. The highest BCUT2D eigenvalue weighted by Gasteiger charge is 2.12. The van der Waals surface area contributed by atoms with Crippen LogP contribution in [0.1, 0.15) is 16.8 Å². The standard InChI is InChI=1S/C17H15ClN4/c1-13-16(12-20-11-14-6-5-9-19-10-14)17(18)22(21-13)15-7-3-2-4-8-15/h2-10,12H,11H2,1H3. The van der Waals surface area contributed by atoms with Crippen LogP contribution in [0.15, 0.2) is 59.9 Å². The van der Waals surface area contributed by atoms with Crippen molar-refractivity contribution in [2.24, 2.45) is 4.99 Å². The topological polar surface area (TPSA) is 43.1 Å². The van der Waals surface area contributed by atoms with Crippen LogP contribution in [0.2, 0.25) is 5.15 Å². The molecule has 4 nitrogen and oxygen atoms in total. The number of benzene rings is 1. The van der Waals surface area contributed by atoms with E-state index in [4.69, 9.17) is 11.6 Å². The molecule has 0 radical (unpaired) electrons. The summed E-state index contributed by atoms with van der Waals surface area (Å²) < 4.78 is 1.72. The van der Waals surface area contributed by atoms with Crippen molar-refractivity contribution in [3.8, 4) is 5.69 Å². The average molecular weight is 311 g/mol. The van der Waals surface area contributed by atoms with E-state index in [9.17, 15) is 0 Å². The number of nitrogens with zero attached hydrogens (tertiary/aromatic N) is 4. The third-order valence-electron chi connectivity index (χ3n) is 3.27. The van der Waals surface area contributed by atoms with Crippen LogP contribution >= 0.6 is 11.6 Å². The van der Waals surface area contributed by atoms with E-state index in [2.05, 4.69) is 15.1 Å². The van der Waals surface area contributed by atoms with Gasteiger partial charge in [-0.15, -0.1) is 0 Å². The van der Waals surface area contributed by atoms with Crippen molar-refractivity contribution in [2.75, 3.05) is 0 Å². The molecule has 0 unspecified atom stereocenters. The van der Waals surface area contributed by atoms with Crippen LogP contribution in [-0.4, -0.2) is 21.0 Å². The molecule has 0 fully saturated rings. The normalized spacial score (nSPS) is 11.2. The minimum absolute atomic E-state index is 0.568. The summed E-state index contributed by atoms with van der Waals surface area (Å²) in [5, 5.41) is 5.06. The number of pyridine rings is 1.